The Morgan fingerprint density at radius 3 is 2.34 bits per heavy atom. The Balaban J connectivity index is 1.15. The number of amides is 3. The maximum absolute atomic E-state index is 13.3. The Morgan fingerprint density at radius 1 is 1.07 bits per heavy atom. The van der Waals surface area contributed by atoms with Crippen molar-refractivity contribution in [2.45, 2.75) is 116 Å². The van der Waals surface area contributed by atoms with Crippen LogP contribution >= 0.6 is 0 Å². The van der Waals surface area contributed by atoms with E-state index in [-0.39, 0.29) is 54.2 Å². The molecule has 2 saturated heterocycles. The van der Waals surface area contributed by atoms with E-state index < -0.39 is 5.60 Å². The molecular weight excluding hydrogens is 560 g/mol. The molecule has 4 aliphatic heterocycles. The zero-order valence-corrected chi connectivity index (χ0v) is 27.6. The number of carbonyl (C=O) groups excluding carboxylic acids is 3. The fourth-order valence-corrected chi connectivity index (χ4v) is 7.21. The van der Waals surface area contributed by atoms with Gasteiger partial charge < -0.3 is 35.0 Å². The molecule has 2 N–H and O–H groups in total. The van der Waals surface area contributed by atoms with Crippen LogP contribution in [0.4, 0.5) is 4.79 Å². The summed E-state index contributed by atoms with van der Waals surface area (Å²) in [5.74, 6) is 0.479. The van der Waals surface area contributed by atoms with E-state index in [9.17, 15) is 14.4 Å². The molecule has 5 aliphatic rings. The SMILES string of the molecule is CC(C=N[C@H](C)NC1=NCC2C=C(C(=O)N(C)C)N(C3CCCCCC3)C2N1)C(=O)N1CC2CC1CN2C(=O)OC(C)(C)C. The third kappa shape index (κ3) is 6.99. The molecule has 6 atom stereocenters. The van der Waals surface area contributed by atoms with Gasteiger partial charge in [0, 0.05) is 45.4 Å². The monoisotopic (exact) mass is 612 g/mol. The van der Waals surface area contributed by atoms with Crippen LogP contribution in [0.3, 0.4) is 0 Å². The van der Waals surface area contributed by atoms with Crippen molar-refractivity contribution >= 4 is 30.1 Å². The Bertz CT molecular complexity index is 1190. The van der Waals surface area contributed by atoms with Crippen molar-refractivity contribution < 1.29 is 19.1 Å². The average Bonchev–Trinajstić information content (AvgIpc) is 3.61. The Morgan fingerprint density at radius 2 is 1.73 bits per heavy atom. The number of aliphatic imine (C=N–C) groups is 2. The zero-order chi connectivity index (χ0) is 31.8. The maximum Gasteiger partial charge on any atom is 0.410 e. The number of hydrogen-bond donors (Lipinski definition) is 2. The number of hydrogen-bond acceptors (Lipinski definition) is 9. The van der Waals surface area contributed by atoms with E-state index in [1.807, 2.05) is 53.6 Å². The topological polar surface area (TPSA) is 122 Å². The summed E-state index contributed by atoms with van der Waals surface area (Å²) in [4.78, 5) is 56.1. The van der Waals surface area contributed by atoms with E-state index in [1.54, 1.807) is 16.0 Å². The van der Waals surface area contributed by atoms with Crippen molar-refractivity contribution in [2.24, 2.45) is 21.8 Å². The van der Waals surface area contributed by atoms with Crippen molar-refractivity contribution in [1.82, 2.24) is 30.2 Å². The lowest BCUT2D eigenvalue weighted by molar-refractivity contribution is -0.135. The first kappa shape index (κ1) is 32.1. The molecule has 0 aromatic rings. The molecular formula is C32H52N8O4. The predicted molar refractivity (Wildman–Crippen MR) is 170 cm³/mol. The van der Waals surface area contributed by atoms with Crippen LogP contribution in [-0.2, 0) is 14.3 Å². The van der Waals surface area contributed by atoms with Crippen LogP contribution in [0.1, 0.15) is 79.6 Å². The fourth-order valence-electron chi connectivity index (χ4n) is 7.21. The molecule has 2 bridgehead atoms. The van der Waals surface area contributed by atoms with E-state index >= 15 is 0 Å². The van der Waals surface area contributed by atoms with E-state index in [4.69, 9.17) is 9.73 Å². The van der Waals surface area contributed by atoms with E-state index in [2.05, 4.69) is 26.6 Å². The number of piperazine rings is 1. The highest BCUT2D eigenvalue weighted by molar-refractivity contribution is 5.94. The summed E-state index contributed by atoms with van der Waals surface area (Å²) in [6.45, 7) is 11.0. The lowest BCUT2D eigenvalue weighted by Crippen LogP contribution is -2.59. The first-order chi connectivity index (χ1) is 20.8. The van der Waals surface area contributed by atoms with Gasteiger partial charge in [-0.05, 0) is 60.0 Å². The standard InChI is InChI=1S/C32H52N8O4/c1-20(28(41)38-18-25-15-24(38)19-39(25)31(43)44-32(3,4)5)16-33-21(2)35-30-34-17-22-14-26(29(42)37(6)7)40(27(22)36-30)23-12-10-8-9-11-13-23/h14,16,20-25,27H,8-13,15,17-19H2,1-7H3,(H2,34,35,36)/t20?,21-,22?,24?,25?,27?/m0/s1. The number of carbonyl (C=O) groups is 3. The Labute approximate surface area is 262 Å². The molecule has 3 fully saturated rings. The number of likely N-dealkylation sites (N-methyl/N-ethyl adjacent to an activating group) is 1. The number of guanidine groups is 1. The van der Waals surface area contributed by atoms with Gasteiger partial charge >= 0.3 is 6.09 Å². The van der Waals surface area contributed by atoms with Crippen LogP contribution in [0.15, 0.2) is 21.8 Å². The molecule has 1 aliphatic carbocycles. The summed E-state index contributed by atoms with van der Waals surface area (Å²) < 4.78 is 5.55. The van der Waals surface area contributed by atoms with Crippen LogP contribution < -0.4 is 10.6 Å². The summed E-state index contributed by atoms with van der Waals surface area (Å²) in [7, 11) is 3.62. The molecule has 5 unspecified atom stereocenters. The molecule has 244 valence electrons. The van der Waals surface area contributed by atoms with Crippen LogP contribution in [-0.4, -0.2) is 119 Å². The van der Waals surface area contributed by atoms with E-state index in [1.165, 1.54) is 25.7 Å². The second-order valence-corrected chi connectivity index (χ2v) is 14.3. The highest BCUT2D eigenvalue weighted by atomic mass is 16.6. The zero-order valence-electron chi connectivity index (χ0n) is 27.6. The van der Waals surface area contributed by atoms with Gasteiger partial charge in [0.25, 0.3) is 5.91 Å². The first-order valence-corrected chi connectivity index (χ1v) is 16.4. The summed E-state index contributed by atoms with van der Waals surface area (Å²) in [5.41, 5.74) is 0.241. The molecule has 3 amide bonds. The van der Waals surface area contributed by atoms with E-state index in [0.717, 1.165) is 25.0 Å². The number of nitrogens with zero attached hydrogens (tertiary/aromatic N) is 6. The van der Waals surface area contributed by atoms with Gasteiger partial charge in [0.2, 0.25) is 5.91 Å². The smallest absolute Gasteiger partial charge is 0.410 e. The maximum atomic E-state index is 13.3. The molecule has 0 aromatic heterocycles. The number of ether oxygens (including phenoxy) is 1. The number of fused-ring (bicyclic) bond motifs is 3. The van der Waals surface area contributed by atoms with Crippen LogP contribution in [0.5, 0.6) is 0 Å². The van der Waals surface area contributed by atoms with Gasteiger partial charge in [0.05, 0.1) is 24.5 Å². The van der Waals surface area contributed by atoms with Gasteiger partial charge in [-0.2, -0.15) is 0 Å². The molecule has 44 heavy (non-hydrogen) atoms. The van der Waals surface area contributed by atoms with Crippen molar-refractivity contribution in [3.63, 3.8) is 0 Å². The van der Waals surface area contributed by atoms with Gasteiger partial charge in [-0.15, -0.1) is 0 Å². The summed E-state index contributed by atoms with van der Waals surface area (Å²) in [6.07, 6.45) is 11.0. The number of nitrogens with one attached hydrogen (secondary N) is 2. The highest BCUT2D eigenvalue weighted by Crippen LogP contribution is 2.36. The lowest BCUT2D eigenvalue weighted by Gasteiger charge is -2.41. The van der Waals surface area contributed by atoms with Gasteiger partial charge in [0.15, 0.2) is 5.96 Å². The summed E-state index contributed by atoms with van der Waals surface area (Å²) >= 11 is 0. The minimum Gasteiger partial charge on any atom is -0.444 e. The van der Waals surface area contributed by atoms with E-state index in [0.29, 0.717) is 31.6 Å². The summed E-state index contributed by atoms with van der Waals surface area (Å²) in [6, 6.07) is 0.341. The molecule has 1 saturated carbocycles. The van der Waals surface area contributed by atoms with Gasteiger partial charge in [0.1, 0.15) is 23.6 Å². The largest absolute Gasteiger partial charge is 0.444 e. The Hall–Kier alpha value is -3.31. The quantitative estimate of drug-likeness (QED) is 0.350. The molecule has 0 radical (unpaired) electrons. The second-order valence-electron chi connectivity index (χ2n) is 14.3. The second kappa shape index (κ2) is 13.0. The lowest BCUT2D eigenvalue weighted by atomic mass is 10.0. The van der Waals surface area contributed by atoms with Crippen LogP contribution in [0, 0.1) is 11.8 Å². The molecule has 12 heteroatoms. The molecule has 5 rings (SSSR count). The first-order valence-electron chi connectivity index (χ1n) is 16.4. The van der Waals surface area contributed by atoms with Crippen molar-refractivity contribution in [1.29, 1.82) is 0 Å². The Kier molecular flexibility index (Phi) is 9.46. The van der Waals surface area contributed by atoms with Crippen molar-refractivity contribution in [3.8, 4) is 0 Å². The number of rotatable bonds is 6. The molecule has 12 nitrogen and oxygen atoms in total. The molecule has 4 heterocycles. The van der Waals surface area contributed by atoms with Gasteiger partial charge in [-0.1, -0.05) is 25.7 Å². The van der Waals surface area contributed by atoms with Crippen molar-refractivity contribution in [3.05, 3.63) is 11.8 Å². The third-order valence-electron chi connectivity index (χ3n) is 9.36. The van der Waals surface area contributed by atoms with Crippen LogP contribution in [0.2, 0.25) is 0 Å². The normalized spacial score (nSPS) is 28.6. The fraction of sp³-hybridized carbons (Fsp3) is 0.781. The minimum absolute atomic E-state index is 0.00101. The molecule has 0 aromatic carbocycles. The predicted octanol–water partition coefficient (Wildman–Crippen LogP) is 2.76. The van der Waals surface area contributed by atoms with Gasteiger partial charge in [-0.25, -0.2) is 4.79 Å². The number of likely N-dealkylation sites (tertiary alicyclic amines) is 2. The minimum atomic E-state index is -0.541. The van der Waals surface area contributed by atoms with Crippen LogP contribution in [0.25, 0.3) is 0 Å². The summed E-state index contributed by atoms with van der Waals surface area (Å²) in [5, 5.41) is 6.96. The van der Waals surface area contributed by atoms with Crippen molar-refractivity contribution in [2.75, 3.05) is 33.7 Å². The third-order valence-corrected chi connectivity index (χ3v) is 9.36. The molecule has 0 spiro atoms. The van der Waals surface area contributed by atoms with Gasteiger partial charge in [-0.3, -0.25) is 19.6 Å². The average molecular weight is 613 g/mol. The highest BCUT2D eigenvalue weighted by Gasteiger charge is 2.49.